The molecule has 4 rings (SSSR count). The highest BCUT2D eigenvalue weighted by atomic mass is 19.1. The molecular weight excluding hydrogens is 406 g/mol. The minimum Gasteiger partial charge on any atom is -0.481 e. The van der Waals surface area contributed by atoms with E-state index in [4.69, 9.17) is 5.11 Å². The minimum absolute atomic E-state index is 0.0157. The Morgan fingerprint density at radius 1 is 1.26 bits per heavy atom. The molecule has 1 aliphatic heterocycles. The second-order valence-corrected chi connectivity index (χ2v) is 9.78. The third-order valence-corrected chi connectivity index (χ3v) is 6.78. The largest absolute Gasteiger partial charge is 0.481 e. The molecular formula is C23H28F2N2O4. The van der Waals surface area contributed by atoms with Crippen molar-refractivity contribution in [3.05, 3.63) is 28.8 Å². The Morgan fingerprint density at radius 3 is 2.45 bits per heavy atom. The van der Waals surface area contributed by atoms with Crippen LogP contribution in [0.3, 0.4) is 0 Å². The average molecular weight is 434 g/mol. The summed E-state index contributed by atoms with van der Waals surface area (Å²) in [7, 11) is 0. The molecule has 1 aromatic rings. The minimum atomic E-state index is -1.28. The van der Waals surface area contributed by atoms with Gasteiger partial charge in [-0.1, -0.05) is 6.92 Å². The van der Waals surface area contributed by atoms with Crippen LogP contribution >= 0.6 is 0 Å². The van der Waals surface area contributed by atoms with Gasteiger partial charge in [0.25, 0.3) is 0 Å². The van der Waals surface area contributed by atoms with E-state index in [1.54, 1.807) is 20.8 Å². The lowest BCUT2D eigenvalue weighted by Gasteiger charge is -2.26. The third kappa shape index (κ3) is 3.92. The van der Waals surface area contributed by atoms with Crippen LogP contribution in [0, 0.1) is 23.5 Å². The summed E-state index contributed by atoms with van der Waals surface area (Å²) in [5.74, 6) is -3.30. The number of nitrogens with zero attached hydrogens (tertiary/aromatic N) is 1. The lowest BCUT2D eigenvalue weighted by atomic mass is 9.84. The monoisotopic (exact) mass is 434 g/mol. The molecule has 2 N–H and O–H groups in total. The normalized spacial score (nSPS) is 21.6. The molecule has 168 valence electrons. The Balaban J connectivity index is 1.58. The van der Waals surface area contributed by atoms with E-state index in [1.807, 2.05) is 0 Å². The number of fused-ring (bicyclic) bond motifs is 1. The molecule has 8 heteroatoms. The van der Waals surface area contributed by atoms with Crippen molar-refractivity contribution in [2.45, 2.75) is 70.3 Å². The van der Waals surface area contributed by atoms with Crippen molar-refractivity contribution in [1.29, 1.82) is 0 Å². The number of carbonyl (C=O) groups is 3. The lowest BCUT2D eigenvalue weighted by Crippen LogP contribution is -2.48. The number of carboxylic acid groups (broad SMARTS) is 1. The van der Waals surface area contributed by atoms with Crippen molar-refractivity contribution in [1.82, 2.24) is 5.32 Å². The summed E-state index contributed by atoms with van der Waals surface area (Å²) in [6.45, 7) is 4.43. The van der Waals surface area contributed by atoms with E-state index in [-0.39, 0.29) is 41.5 Å². The summed E-state index contributed by atoms with van der Waals surface area (Å²) < 4.78 is 30.3. The maximum Gasteiger partial charge on any atom is 0.303 e. The molecule has 2 atom stereocenters. The van der Waals surface area contributed by atoms with Gasteiger partial charge in [-0.3, -0.25) is 19.3 Å². The lowest BCUT2D eigenvalue weighted by molar-refractivity contribution is -0.138. The predicted octanol–water partition coefficient (Wildman–Crippen LogP) is 3.47. The van der Waals surface area contributed by atoms with Crippen molar-refractivity contribution in [3.63, 3.8) is 0 Å². The zero-order chi connectivity index (χ0) is 22.7. The molecule has 2 saturated carbocycles. The van der Waals surface area contributed by atoms with Gasteiger partial charge in [0.05, 0.1) is 11.1 Å². The van der Waals surface area contributed by atoms with Gasteiger partial charge in [0, 0.05) is 18.0 Å². The molecule has 1 heterocycles. The van der Waals surface area contributed by atoms with E-state index in [9.17, 15) is 14.4 Å². The Kier molecular flexibility index (Phi) is 5.30. The number of nitrogens with one attached hydrogen (secondary N) is 1. The number of amides is 2. The van der Waals surface area contributed by atoms with Crippen LogP contribution in [0.5, 0.6) is 0 Å². The predicted molar refractivity (Wildman–Crippen MR) is 110 cm³/mol. The topological polar surface area (TPSA) is 86.7 Å². The summed E-state index contributed by atoms with van der Waals surface area (Å²) >= 11 is 0. The van der Waals surface area contributed by atoms with Gasteiger partial charge in [0.2, 0.25) is 11.8 Å². The Bertz CT molecular complexity index is 953. The molecule has 2 aliphatic carbocycles. The number of hydrogen-bond acceptors (Lipinski definition) is 3. The van der Waals surface area contributed by atoms with Gasteiger partial charge in [-0.2, -0.15) is 0 Å². The zero-order valence-corrected chi connectivity index (χ0v) is 18.0. The molecule has 3 aliphatic rings. The average Bonchev–Trinajstić information content (AvgIpc) is 3.57. The number of hydrogen-bond donors (Lipinski definition) is 2. The smallest absolute Gasteiger partial charge is 0.303 e. The first-order valence-corrected chi connectivity index (χ1v) is 10.9. The fraction of sp³-hybridized carbons (Fsp3) is 0.609. The first-order valence-electron chi connectivity index (χ1n) is 10.9. The standard InChI is InChI=1S/C23H28F2N2O4/c1-11(8-17(29)30)20(13-6-7-13)26-16(28)10-27-21-15(24)9-14(12-4-5-12)19(25)18(21)23(2,3)22(27)31/h9,11-13,20H,4-8,10H2,1-3H3,(H,26,28)(H,29,30)/t11-,20+/m0/s1. The van der Waals surface area contributed by atoms with Gasteiger partial charge >= 0.3 is 5.97 Å². The molecule has 6 nitrogen and oxygen atoms in total. The van der Waals surface area contributed by atoms with Crippen molar-refractivity contribution in [2.75, 3.05) is 11.4 Å². The molecule has 0 saturated heterocycles. The third-order valence-electron chi connectivity index (χ3n) is 6.78. The van der Waals surface area contributed by atoms with Gasteiger partial charge in [0.15, 0.2) is 0 Å². The zero-order valence-electron chi connectivity index (χ0n) is 18.0. The van der Waals surface area contributed by atoms with Crippen LogP contribution in [0.15, 0.2) is 6.07 Å². The molecule has 0 spiro atoms. The number of anilines is 1. The summed E-state index contributed by atoms with van der Waals surface area (Å²) in [5, 5.41) is 11.9. The van der Waals surface area contributed by atoms with Crippen LogP contribution in [0.1, 0.15) is 69.9 Å². The summed E-state index contributed by atoms with van der Waals surface area (Å²) in [4.78, 5) is 38.0. The van der Waals surface area contributed by atoms with Gasteiger partial charge in [0.1, 0.15) is 18.2 Å². The van der Waals surface area contributed by atoms with Crippen LogP contribution in [0.4, 0.5) is 14.5 Å². The van der Waals surface area contributed by atoms with E-state index in [0.29, 0.717) is 5.56 Å². The van der Waals surface area contributed by atoms with E-state index in [1.165, 1.54) is 0 Å². The molecule has 0 unspecified atom stereocenters. The van der Waals surface area contributed by atoms with Crippen molar-refractivity contribution >= 4 is 23.5 Å². The van der Waals surface area contributed by atoms with E-state index in [0.717, 1.165) is 36.6 Å². The second kappa shape index (κ2) is 7.57. The molecule has 0 radical (unpaired) electrons. The Labute approximate surface area is 180 Å². The van der Waals surface area contributed by atoms with Crippen LogP contribution < -0.4 is 10.2 Å². The van der Waals surface area contributed by atoms with Crippen LogP contribution in [-0.2, 0) is 19.8 Å². The van der Waals surface area contributed by atoms with E-state index in [2.05, 4.69) is 5.32 Å². The summed E-state index contributed by atoms with van der Waals surface area (Å²) in [6, 6.07) is 0.834. The summed E-state index contributed by atoms with van der Waals surface area (Å²) in [5.41, 5.74) is -1.11. The Morgan fingerprint density at radius 2 is 1.90 bits per heavy atom. The number of rotatable bonds is 8. The van der Waals surface area contributed by atoms with Crippen molar-refractivity contribution < 1.29 is 28.3 Å². The van der Waals surface area contributed by atoms with E-state index < -0.39 is 41.4 Å². The highest BCUT2D eigenvalue weighted by molar-refractivity contribution is 6.10. The quantitative estimate of drug-likeness (QED) is 0.656. The van der Waals surface area contributed by atoms with Crippen molar-refractivity contribution in [2.24, 2.45) is 11.8 Å². The Hall–Kier alpha value is -2.51. The van der Waals surface area contributed by atoms with Crippen LogP contribution in [0.25, 0.3) is 0 Å². The molecule has 2 fully saturated rings. The highest BCUT2D eigenvalue weighted by Gasteiger charge is 2.50. The second-order valence-electron chi connectivity index (χ2n) is 9.78. The number of carboxylic acids is 1. The van der Waals surface area contributed by atoms with Gasteiger partial charge in [-0.15, -0.1) is 0 Å². The van der Waals surface area contributed by atoms with E-state index >= 15 is 8.78 Å². The SMILES string of the molecule is C[C@@H](CC(=O)O)[C@@H](NC(=O)CN1C(=O)C(C)(C)c2c(F)c(C3CC3)cc(F)c21)C1CC1. The highest BCUT2D eigenvalue weighted by Crippen LogP contribution is 2.50. The molecule has 2 amide bonds. The van der Waals surface area contributed by atoms with Crippen molar-refractivity contribution in [3.8, 4) is 0 Å². The fourth-order valence-corrected chi connectivity index (χ4v) is 4.82. The number of aliphatic carboxylic acids is 1. The first-order chi connectivity index (χ1) is 14.5. The maximum atomic E-state index is 15.3. The summed E-state index contributed by atoms with van der Waals surface area (Å²) in [6.07, 6.45) is 3.32. The van der Waals surface area contributed by atoms with Crippen LogP contribution in [-0.4, -0.2) is 35.5 Å². The molecule has 1 aromatic carbocycles. The fourth-order valence-electron chi connectivity index (χ4n) is 4.82. The maximum absolute atomic E-state index is 15.3. The van der Waals surface area contributed by atoms with Gasteiger partial charge in [-0.25, -0.2) is 8.78 Å². The molecule has 0 aromatic heterocycles. The number of carbonyl (C=O) groups excluding carboxylic acids is 2. The first kappa shape index (κ1) is 21.7. The van der Waals surface area contributed by atoms with Gasteiger partial charge < -0.3 is 10.4 Å². The van der Waals surface area contributed by atoms with Crippen LogP contribution in [0.2, 0.25) is 0 Å². The molecule has 31 heavy (non-hydrogen) atoms. The molecule has 0 bridgehead atoms. The number of halogens is 2. The number of benzene rings is 1. The van der Waals surface area contributed by atoms with Gasteiger partial charge in [-0.05, 0) is 68.9 Å².